The molecule has 2 rings (SSSR count). The topological polar surface area (TPSA) is 49.4 Å². The van der Waals surface area contributed by atoms with Crippen molar-refractivity contribution in [3.8, 4) is 0 Å². The average molecular weight is 433 g/mol. The Morgan fingerprint density at radius 2 is 1.76 bits per heavy atom. The van der Waals surface area contributed by atoms with Crippen LogP contribution < -0.4 is 5.32 Å². The third-order valence-corrected chi connectivity index (χ3v) is 5.97. The van der Waals surface area contributed by atoms with E-state index >= 15 is 0 Å². The quantitative estimate of drug-likeness (QED) is 0.580. The van der Waals surface area contributed by atoms with Crippen LogP contribution in [0.25, 0.3) is 0 Å². The number of carbonyl (C=O) groups is 2. The minimum Gasteiger partial charge on any atom is -0.352 e. The molecular weight excluding hydrogens is 404 g/mol. The molecule has 0 spiro atoms. The summed E-state index contributed by atoms with van der Waals surface area (Å²) in [6, 6.07) is 17.0. The van der Waals surface area contributed by atoms with Gasteiger partial charge in [-0.1, -0.05) is 61.0 Å². The van der Waals surface area contributed by atoms with Gasteiger partial charge in [-0.25, -0.2) is 0 Å². The third kappa shape index (κ3) is 7.75. The van der Waals surface area contributed by atoms with E-state index in [1.165, 1.54) is 5.56 Å². The van der Waals surface area contributed by atoms with Crippen LogP contribution in [0.2, 0.25) is 5.02 Å². The maximum atomic E-state index is 13.0. The van der Waals surface area contributed by atoms with Gasteiger partial charge in [0.05, 0.1) is 5.75 Å². The van der Waals surface area contributed by atoms with Crippen molar-refractivity contribution in [1.29, 1.82) is 0 Å². The first kappa shape index (κ1) is 23.3. The smallest absolute Gasteiger partial charge is 0.242 e. The Bertz CT molecular complexity index is 800. The lowest BCUT2D eigenvalue weighted by molar-refractivity contribution is -0.138. The highest BCUT2D eigenvalue weighted by atomic mass is 35.5. The SMILES string of the molecule is CC[C@H](C)NC(=O)[C@@H](C)N(Cc1cccc(Cl)c1)C(=O)CSCc1ccccc1. The molecule has 156 valence electrons. The van der Waals surface area contributed by atoms with Crippen molar-refractivity contribution < 1.29 is 9.59 Å². The fourth-order valence-corrected chi connectivity index (χ4v) is 3.88. The molecule has 0 saturated carbocycles. The number of halogens is 1. The van der Waals surface area contributed by atoms with Gasteiger partial charge >= 0.3 is 0 Å². The predicted molar refractivity (Wildman–Crippen MR) is 122 cm³/mol. The van der Waals surface area contributed by atoms with Crippen molar-refractivity contribution >= 4 is 35.2 Å². The molecule has 0 aliphatic heterocycles. The van der Waals surface area contributed by atoms with E-state index in [0.717, 1.165) is 17.7 Å². The molecule has 0 aromatic heterocycles. The number of rotatable bonds is 10. The van der Waals surface area contributed by atoms with Gasteiger partial charge in [-0.05, 0) is 43.5 Å². The Morgan fingerprint density at radius 1 is 1.07 bits per heavy atom. The first-order chi connectivity index (χ1) is 13.9. The Hall–Kier alpha value is -1.98. The zero-order valence-corrected chi connectivity index (χ0v) is 18.8. The summed E-state index contributed by atoms with van der Waals surface area (Å²) in [6.45, 7) is 6.11. The standard InChI is InChI=1S/C23H29ClN2O2S/c1-4-17(2)25-23(28)18(3)26(14-20-11-8-12-21(24)13-20)22(27)16-29-15-19-9-6-5-7-10-19/h5-13,17-18H,4,14-16H2,1-3H3,(H,25,28)/t17-,18+/m0/s1. The van der Waals surface area contributed by atoms with Gasteiger partial charge in [-0.3, -0.25) is 9.59 Å². The molecule has 2 aromatic rings. The highest BCUT2D eigenvalue weighted by Crippen LogP contribution is 2.18. The summed E-state index contributed by atoms with van der Waals surface area (Å²) >= 11 is 7.66. The van der Waals surface area contributed by atoms with Gasteiger partial charge in [0, 0.05) is 23.4 Å². The zero-order valence-electron chi connectivity index (χ0n) is 17.2. The largest absolute Gasteiger partial charge is 0.352 e. The second kappa shape index (κ2) is 11.9. The number of carbonyl (C=O) groups excluding carboxylic acids is 2. The Balaban J connectivity index is 2.07. The third-order valence-electron chi connectivity index (χ3n) is 4.75. The molecule has 2 atom stereocenters. The Kier molecular flexibility index (Phi) is 9.55. The van der Waals surface area contributed by atoms with Crippen molar-refractivity contribution in [2.75, 3.05) is 5.75 Å². The van der Waals surface area contributed by atoms with Crippen LogP contribution >= 0.6 is 23.4 Å². The average Bonchev–Trinajstić information content (AvgIpc) is 2.72. The summed E-state index contributed by atoms with van der Waals surface area (Å²) < 4.78 is 0. The van der Waals surface area contributed by atoms with E-state index in [4.69, 9.17) is 11.6 Å². The van der Waals surface area contributed by atoms with Crippen LogP contribution in [-0.2, 0) is 21.9 Å². The molecule has 0 aliphatic carbocycles. The van der Waals surface area contributed by atoms with Gasteiger partial charge in [-0.2, -0.15) is 0 Å². The normalized spacial score (nSPS) is 12.8. The summed E-state index contributed by atoms with van der Waals surface area (Å²) in [5.74, 6) is 0.877. The van der Waals surface area contributed by atoms with E-state index in [9.17, 15) is 9.59 Å². The van der Waals surface area contributed by atoms with Crippen molar-refractivity contribution in [3.63, 3.8) is 0 Å². The lowest BCUT2D eigenvalue weighted by atomic mass is 10.1. The van der Waals surface area contributed by atoms with Crippen LogP contribution in [0.5, 0.6) is 0 Å². The van der Waals surface area contributed by atoms with Crippen LogP contribution in [0.4, 0.5) is 0 Å². The first-order valence-electron chi connectivity index (χ1n) is 9.86. The van der Waals surface area contributed by atoms with Crippen molar-refractivity contribution in [2.24, 2.45) is 0 Å². The summed E-state index contributed by atoms with van der Waals surface area (Å²) in [5, 5.41) is 3.59. The minimum absolute atomic E-state index is 0.0577. The highest BCUT2D eigenvalue weighted by molar-refractivity contribution is 7.99. The number of hydrogen-bond donors (Lipinski definition) is 1. The summed E-state index contributed by atoms with van der Waals surface area (Å²) in [5.41, 5.74) is 2.08. The first-order valence-corrected chi connectivity index (χ1v) is 11.4. The van der Waals surface area contributed by atoms with Crippen LogP contribution in [0.15, 0.2) is 54.6 Å². The number of hydrogen-bond acceptors (Lipinski definition) is 3. The van der Waals surface area contributed by atoms with E-state index in [1.807, 2.05) is 62.4 Å². The highest BCUT2D eigenvalue weighted by Gasteiger charge is 2.26. The van der Waals surface area contributed by atoms with Gasteiger partial charge in [-0.15, -0.1) is 11.8 Å². The molecule has 0 heterocycles. The Morgan fingerprint density at radius 3 is 2.41 bits per heavy atom. The molecule has 0 aliphatic rings. The van der Waals surface area contributed by atoms with E-state index in [0.29, 0.717) is 17.3 Å². The van der Waals surface area contributed by atoms with Gasteiger partial charge in [0.2, 0.25) is 11.8 Å². The van der Waals surface area contributed by atoms with Crippen LogP contribution in [0.3, 0.4) is 0 Å². The van der Waals surface area contributed by atoms with Crippen molar-refractivity contribution in [3.05, 3.63) is 70.7 Å². The molecule has 0 radical (unpaired) electrons. The predicted octanol–water partition coefficient (Wildman–Crippen LogP) is 4.91. The molecule has 29 heavy (non-hydrogen) atoms. The fourth-order valence-electron chi connectivity index (χ4n) is 2.79. The van der Waals surface area contributed by atoms with E-state index in [1.54, 1.807) is 29.7 Å². The van der Waals surface area contributed by atoms with Gasteiger partial charge < -0.3 is 10.2 Å². The second-order valence-electron chi connectivity index (χ2n) is 7.12. The molecule has 2 amide bonds. The van der Waals surface area contributed by atoms with E-state index in [2.05, 4.69) is 5.32 Å². The molecule has 2 aromatic carbocycles. The van der Waals surface area contributed by atoms with Crippen LogP contribution in [0.1, 0.15) is 38.3 Å². The van der Waals surface area contributed by atoms with Gasteiger partial charge in [0.15, 0.2) is 0 Å². The number of thioether (sulfide) groups is 1. The maximum Gasteiger partial charge on any atom is 0.242 e. The molecule has 0 fully saturated rings. The molecule has 4 nitrogen and oxygen atoms in total. The van der Waals surface area contributed by atoms with Gasteiger partial charge in [0.25, 0.3) is 0 Å². The number of nitrogens with zero attached hydrogens (tertiary/aromatic N) is 1. The maximum absolute atomic E-state index is 13.0. The van der Waals surface area contributed by atoms with Crippen molar-refractivity contribution in [2.45, 2.75) is 51.6 Å². The van der Waals surface area contributed by atoms with E-state index in [-0.39, 0.29) is 17.9 Å². The summed E-state index contributed by atoms with van der Waals surface area (Å²) in [4.78, 5) is 27.3. The van der Waals surface area contributed by atoms with E-state index < -0.39 is 6.04 Å². The number of benzene rings is 2. The summed E-state index contributed by atoms with van der Waals surface area (Å²) in [7, 11) is 0. The number of nitrogens with one attached hydrogen (secondary N) is 1. The number of amides is 2. The van der Waals surface area contributed by atoms with Crippen molar-refractivity contribution in [1.82, 2.24) is 10.2 Å². The zero-order chi connectivity index (χ0) is 21.2. The van der Waals surface area contributed by atoms with Crippen LogP contribution in [-0.4, -0.2) is 34.6 Å². The lowest BCUT2D eigenvalue weighted by Crippen LogP contribution is -2.50. The Labute approximate surface area is 183 Å². The minimum atomic E-state index is -0.562. The molecule has 0 bridgehead atoms. The molecule has 1 N–H and O–H groups in total. The van der Waals surface area contributed by atoms with Gasteiger partial charge in [0.1, 0.15) is 6.04 Å². The molecule has 6 heteroatoms. The summed E-state index contributed by atoms with van der Waals surface area (Å²) in [6.07, 6.45) is 0.841. The monoisotopic (exact) mass is 432 g/mol. The molecule has 0 saturated heterocycles. The lowest BCUT2D eigenvalue weighted by Gasteiger charge is -2.29. The second-order valence-corrected chi connectivity index (χ2v) is 8.55. The fraction of sp³-hybridized carbons (Fsp3) is 0.391. The van der Waals surface area contributed by atoms with Crippen LogP contribution in [0, 0.1) is 0 Å². The molecule has 0 unspecified atom stereocenters. The molecular formula is C23H29ClN2O2S.